The van der Waals surface area contributed by atoms with Gasteiger partial charge in [0.05, 0.1) is 7.11 Å². The summed E-state index contributed by atoms with van der Waals surface area (Å²) in [6, 6.07) is 4.58. The fourth-order valence-electron chi connectivity index (χ4n) is 1.39. The number of ketones is 1. The molecule has 5 nitrogen and oxygen atoms in total. The summed E-state index contributed by atoms with van der Waals surface area (Å²) in [7, 11) is 1.43. The summed E-state index contributed by atoms with van der Waals surface area (Å²) in [5.74, 6) is 0.422. The summed E-state index contributed by atoms with van der Waals surface area (Å²) >= 11 is 0. The van der Waals surface area contributed by atoms with Crippen LogP contribution in [0.3, 0.4) is 0 Å². The van der Waals surface area contributed by atoms with Crippen LogP contribution < -0.4 is 9.47 Å². The lowest BCUT2D eigenvalue weighted by molar-refractivity contribution is -0.126. The molecule has 1 atom stereocenters. The van der Waals surface area contributed by atoms with E-state index in [1.165, 1.54) is 26.2 Å². The van der Waals surface area contributed by atoms with Crippen LogP contribution >= 0.6 is 0 Å². The van der Waals surface area contributed by atoms with Crippen molar-refractivity contribution in [2.75, 3.05) is 7.11 Å². The highest BCUT2D eigenvalue weighted by molar-refractivity contribution is 5.83. The molecule has 1 unspecified atom stereocenters. The lowest BCUT2D eigenvalue weighted by Gasteiger charge is -2.16. The standard InChI is InChI=1S/C13H14O5/c1-9(16)11(5-6-14)18-12-4-3-10(8-15)7-13(12)17-2/h3-4,6-8,11H,5H2,1-2H3. The first-order valence-electron chi connectivity index (χ1n) is 5.36. The van der Waals surface area contributed by atoms with E-state index < -0.39 is 6.10 Å². The normalized spacial score (nSPS) is 11.4. The molecule has 0 heterocycles. The Labute approximate surface area is 105 Å². The van der Waals surface area contributed by atoms with Crippen LogP contribution in [0.2, 0.25) is 0 Å². The van der Waals surface area contributed by atoms with Crippen LogP contribution in [0.1, 0.15) is 23.7 Å². The molecule has 0 N–H and O–H groups in total. The third kappa shape index (κ3) is 3.41. The molecule has 0 aliphatic heterocycles. The zero-order chi connectivity index (χ0) is 13.5. The average Bonchev–Trinajstić information content (AvgIpc) is 2.38. The molecule has 0 radical (unpaired) electrons. The second-order valence-corrected chi connectivity index (χ2v) is 3.65. The maximum atomic E-state index is 11.3. The Kier molecular flexibility index (Phi) is 5.05. The first-order chi connectivity index (χ1) is 8.62. The van der Waals surface area contributed by atoms with Crippen LogP contribution in [-0.2, 0) is 9.59 Å². The largest absolute Gasteiger partial charge is 0.493 e. The number of hydrogen-bond donors (Lipinski definition) is 0. The Morgan fingerprint density at radius 1 is 1.33 bits per heavy atom. The van der Waals surface area contributed by atoms with Gasteiger partial charge in [-0.15, -0.1) is 0 Å². The average molecular weight is 250 g/mol. The van der Waals surface area contributed by atoms with E-state index in [4.69, 9.17) is 9.47 Å². The van der Waals surface area contributed by atoms with Crippen LogP contribution in [0.5, 0.6) is 11.5 Å². The van der Waals surface area contributed by atoms with Gasteiger partial charge in [-0.25, -0.2) is 0 Å². The van der Waals surface area contributed by atoms with Gasteiger partial charge < -0.3 is 14.3 Å². The molecule has 1 rings (SSSR count). The number of Topliss-reactive ketones (excluding diaryl/α,β-unsaturated/α-hetero) is 1. The summed E-state index contributed by atoms with van der Waals surface area (Å²) in [6.07, 6.45) is 0.449. The third-order valence-electron chi connectivity index (χ3n) is 2.36. The number of ether oxygens (including phenoxy) is 2. The molecule has 0 fully saturated rings. The Bertz CT molecular complexity index is 453. The summed E-state index contributed by atoms with van der Waals surface area (Å²) < 4.78 is 10.5. The predicted octanol–water partition coefficient (Wildman–Crippen LogP) is 1.43. The Balaban J connectivity index is 2.97. The molecule has 0 amide bonds. The number of carbonyl (C=O) groups is 3. The molecule has 96 valence electrons. The highest BCUT2D eigenvalue weighted by atomic mass is 16.5. The van der Waals surface area contributed by atoms with Gasteiger partial charge in [0.1, 0.15) is 12.6 Å². The van der Waals surface area contributed by atoms with E-state index in [1.54, 1.807) is 6.07 Å². The second kappa shape index (κ2) is 6.54. The van der Waals surface area contributed by atoms with Gasteiger partial charge in [-0.3, -0.25) is 9.59 Å². The van der Waals surface area contributed by atoms with Crippen molar-refractivity contribution in [3.05, 3.63) is 23.8 Å². The fourth-order valence-corrected chi connectivity index (χ4v) is 1.39. The molecular weight excluding hydrogens is 236 g/mol. The lowest BCUT2D eigenvalue weighted by atomic mass is 10.2. The van der Waals surface area contributed by atoms with Crippen molar-refractivity contribution in [3.63, 3.8) is 0 Å². The summed E-state index contributed by atoms with van der Waals surface area (Å²) in [6.45, 7) is 1.35. The summed E-state index contributed by atoms with van der Waals surface area (Å²) in [5.41, 5.74) is 0.439. The van der Waals surface area contributed by atoms with Gasteiger partial charge in [-0.2, -0.15) is 0 Å². The number of benzene rings is 1. The Hall–Kier alpha value is -2.17. The number of hydrogen-bond acceptors (Lipinski definition) is 5. The minimum Gasteiger partial charge on any atom is -0.493 e. The molecule has 5 heteroatoms. The van der Waals surface area contributed by atoms with Crippen molar-refractivity contribution in [1.29, 1.82) is 0 Å². The van der Waals surface area contributed by atoms with E-state index in [2.05, 4.69) is 0 Å². The molecule has 0 spiro atoms. The maximum Gasteiger partial charge on any atom is 0.170 e. The Morgan fingerprint density at radius 2 is 2.06 bits per heavy atom. The van der Waals surface area contributed by atoms with E-state index in [-0.39, 0.29) is 12.2 Å². The number of rotatable bonds is 7. The Morgan fingerprint density at radius 3 is 2.56 bits per heavy atom. The molecule has 1 aromatic carbocycles. The van der Waals surface area contributed by atoms with Crippen molar-refractivity contribution < 1.29 is 23.9 Å². The van der Waals surface area contributed by atoms with Gasteiger partial charge in [-0.05, 0) is 25.1 Å². The quantitative estimate of drug-likeness (QED) is 0.685. The zero-order valence-electron chi connectivity index (χ0n) is 10.2. The molecule has 1 aromatic rings. The van der Waals surface area contributed by atoms with Gasteiger partial charge >= 0.3 is 0 Å². The molecular formula is C13H14O5. The van der Waals surface area contributed by atoms with E-state index in [0.717, 1.165) is 0 Å². The van der Waals surface area contributed by atoms with E-state index in [1.807, 2.05) is 0 Å². The zero-order valence-corrected chi connectivity index (χ0v) is 10.2. The molecule has 0 aliphatic carbocycles. The van der Waals surface area contributed by atoms with Crippen LogP contribution in [0, 0.1) is 0 Å². The van der Waals surface area contributed by atoms with E-state index in [9.17, 15) is 14.4 Å². The van der Waals surface area contributed by atoms with Crippen LogP contribution in [0.15, 0.2) is 18.2 Å². The van der Waals surface area contributed by atoms with E-state index in [0.29, 0.717) is 29.6 Å². The second-order valence-electron chi connectivity index (χ2n) is 3.65. The minimum atomic E-state index is -0.835. The number of methoxy groups -OCH3 is 1. The molecule has 0 aliphatic rings. The first-order valence-corrected chi connectivity index (χ1v) is 5.36. The van der Waals surface area contributed by atoms with Gasteiger partial charge in [0, 0.05) is 12.0 Å². The number of carbonyl (C=O) groups excluding carboxylic acids is 3. The van der Waals surface area contributed by atoms with Crippen molar-refractivity contribution in [1.82, 2.24) is 0 Å². The molecule has 18 heavy (non-hydrogen) atoms. The van der Waals surface area contributed by atoms with Crippen LogP contribution in [0.4, 0.5) is 0 Å². The van der Waals surface area contributed by atoms with Crippen molar-refractivity contribution >= 4 is 18.4 Å². The predicted molar refractivity (Wildman–Crippen MR) is 64.2 cm³/mol. The third-order valence-corrected chi connectivity index (χ3v) is 2.36. The van der Waals surface area contributed by atoms with Crippen LogP contribution in [-0.4, -0.2) is 31.6 Å². The van der Waals surface area contributed by atoms with Crippen molar-refractivity contribution in [3.8, 4) is 11.5 Å². The molecule has 0 aromatic heterocycles. The van der Waals surface area contributed by atoms with Gasteiger partial charge in [0.25, 0.3) is 0 Å². The maximum absolute atomic E-state index is 11.3. The highest BCUT2D eigenvalue weighted by Gasteiger charge is 2.17. The first kappa shape index (κ1) is 13.9. The number of aldehydes is 2. The van der Waals surface area contributed by atoms with E-state index >= 15 is 0 Å². The minimum absolute atomic E-state index is 0.0199. The fraction of sp³-hybridized carbons (Fsp3) is 0.308. The van der Waals surface area contributed by atoms with Gasteiger partial charge in [-0.1, -0.05) is 0 Å². The van der Waals surface area contributed by atoms with Gasteiger partial charge in [0.2, 0.25) is 0 Å². The topological polar surface area (TPSA) is 69.7 Å². The molecule has 0 saturated heterocycles. The summed E-state index contributed by atoms with van der Waals surface area (Å²) in [5, 5.41) is 0. The monoisotopic (exact) mass is 250 g/mol. The summed E-state index contributed by atoms with van der Waals surface area (Å²) in [4.78, 5) is 32.4. The van der Waals surface area contributed by atoms with Crippen molar-refractivity contribution in [2.45, 2.75) is 19.4 Å². The SMILES string of the molecule is COc1cc(C=O)ccc1OC(CC=O)C(C)=O. The molecule has 0 saturated carbocycles. The lowest BCUT2D eigenvalue weighted by Crippen LogP contribution is -2.25. The van der Waals surface area contributed by atoms with Crippen molar-refractivity contribution in [2.24, 2.45) is 0 Å². The van der Waals surface area contributed by atoms with Crippen LogP contribution in [0.25, 0.3) is 0 Å². The molecule has 0 bridgehead atoms. The smallest absolute Gasteiger partial charge is 0.170 e. The highest BCUT2D eigenvalue weighted by Crippen LogP contribution is 2.28. The van der Waals surface area contributed by atoms with Gasteiger partial charge in [0.15, 0.2) is 23.4 Å².